The molecule has 0 radical (unpaired) electrons. The predicted octanol–water partition coefficient (Wildman–Crippen LogP) is 1.68. The smallest absolute Gasteiger partial charge is 0.410 e. The molecule has 1 aliphatic rings. The van der Waals surface area contributed by atoms with Gasteiger partial charge in [-0.1, -0.05) is 0 Å². The lowest BCUT2D eigenvalue weighted by atomic mass is 10.1. The Morgan fingerprint density at radius 1 is 1.56 bits per heavy atom. The summed E-state index contributed by atoms with van der Waals surface area (Å²) in [5.74, 6) is 0. The highest BCUT2D eigenvalue weighted by molar-refractivity contribution is 5.69. The first-order chi connectivity index (χ1) is 7.20. The minimum absolute atomic E-state index is 0.0844. The Bertz CT molecular complexity index is 263. The first-order valence-electron chi connectivity index (χ1n) is 5.60. The average molecular weight is 232 g/mol. The van der Waals surface area contributed by atoms with E-state index in [4.69, 9.17) is 10.5 Å². The molecule has 0 aliphatic carbocycles. The van der Waals surface area contributed by atoms with E-state index in [2.05, 4.69) is 0 Å². The van der Waals surface area contributed by atoms with Gasteiger partial charge in [0.05, 0.1) is 12.6 Å². The van der Waals surface area contributed by atoms with Crippen LogP contribution in [-0.2, 0) is 4.74 Å². The van der Waals surface area contributed by atoms with Gasteiger partial charge in [0.15, 0.2) is 0 Å². The van der Waals surface area contributed by atoms with Crippen LogP contribution in [0.1, 0.15) is 34.1 Å². The quantitative estimate of drug-likeness (QED) is 0.748. The van der Waals surface area contributed by atoms with Crippen molar-refractivity contribution in [1.29, 1.82) is 0 Å². The van der Waals surface area contributed by atoms with E-state index in [1.807, 2.05) is 0 Å². The van der Waals surface area contributed by atoms with Crippen molar-refractivity contribution in [3.63, 3.8) is 0 Å². The van der Waals surface area contributed by atoms with Gasteiger partial charge in [-0.05, 0) is 27.7 Å². The van der Waals surface area contributed by atoms with Gasteiger partial charge in [0.2, 0.25) is 0 Å². The Morgan fingerprint density at radius 2 is 2.12 bits per heavy atom. The largest absolute Gasteiger partial charge is 0.444 e. The van der Waals surface area contributed by atoms with Crippen LogP contribution in [0.25, 0.3) is 0 Å². The fourth-order valence-electron chi connectivity index (χ4n) is 1.84. The van der Waals surface area contributed by atoms with E-state index in [0.717, 1.165) is 0 Å². The molecular formula is C11H21FN2O2. The number of likely N-dealkylation sites (tertiary alicyclic amines) is 1. The number of alkyl halides is 1. The maximum atomic E-state index is 13.3. The number of rotatable bonds is 1. The van der Waals surface area contributed by atoms with Crippen molar-refractivity contribution in [2.24, 2.45) is 5.73 Å². The molecule has 4 nitrogen and oxygen atoms in total. The summed E-state index contributed by atoms with van der Waals surface area (Å²) in [4.78, 5) is 13.2. The molecule has 1 saturated heterocycles. The van der Waals surface area contributed by atoms with Gasteiger partial charge in [0.1, 0.15) is 11.8 Å². The first kappa shape index (κ1) is 13.2. The number of hydrogen-bond acceptors (Lipinski definition) is 3. The molecular weight excluding hydrogens is 211 g/mol. The molecule has 1 amide bonds. The Kier molecular flexibility index (Phi) is 3.78. The number of ether oxygens (including phenoxy) is 1. The molecule has 0 bridgehead atoms. The van der Waals surface area contributed by atoms with Crippen molar-refractivity contribution in [1.82, 2.24) is 4.90 Å². The van der Waals surface area contributed by atoms with Crippen LogP contribution in [-0.4, -0.2) is 41.4 Å². The third kappa shape index (κ3) is 3.33. The van der Waals surface area contributed by atoms with E-state index in [1.165, 1.54) is 4.90 Å². The summed E-state index contributed by atoms with van der Waals surface area (Å²) in [6, 6.07) is -0.502. The van der Waals surface area contributed by atoms with Crippen LogP contribution in [0.4, 0.5) is 9.18 Å². The molecule has 0 aromatic heterocycles. The fourth-order valence-corrected chi connectivity index (χ4v) is 1.84. The number of amides is 1. The molecule has 16 heavy (non-hydrogen) atoms. The van der Waals surface area contributed by atoms with Crippen molar-refractivity contribution in [3.8, 4) is 0 Å². The standard InChI is InChI=1S/C11H21FN2O2/c1-7(13)9-5-8(12)6-14(9)10(15)16-11(2,3)4/h7-9H,5-6,13H2,1-4H3/t7-,8-,9?/m0/s1. The second-order valence-corrected chi connectivity index (χ2v) is 5.39. The molecule has 1 aliphatic heterocycles. The summed E-state index contributed by atoms with van der Waals surface area (Å²) >= 11 is 0. The number of halogens is 1. The van der Waals surface area contributed by atoms with E-state index in [1.54, 1.807) is 27.7 Å². The fraction of sp³-hybridized carbons (Fsp3) is 0.909. The van der Waals surface area contributed by atoms with Gasteiger partial charge in [-0.25, -0.2) is 9.18 Å². The van der Waals surface area contributed by atoms with Crippen LogP contribution in [0, 0.1) is 0 Å². The van der Waals surface area contributed by atoms with Crippen molar-refractivity contribution in [2.75, 3.05) is 6.54 Å². The third-order valence-corrected chi connectivity index (χ3v) is 2.53. The van der Waals surface area contributed by atoms with Crippen LogP contribution in [0.2, 0.25) is 0 Å². The lowest BCUT2D eigenvalue weighted by molar-refractivity contribution is 0.0203. The number of carbonyl (C=O) groups excluding carboxylic acids is 1. The van der Waals surface area contributed by atoms with E-state index in [-0.39, 0.29) is 18.6 Å². The van der Waals surface area contributed by atoms with Crippen LogP contribution in [0.15, 0.2) is 0 Å². The second-order valence-electron chi connectivity index (χ2n) is 5.39. The number of carbonyl (C=O) groups is 1. The zero-order chi connectivity index (χ0) is 12.5. The Balaban J connectivity index is 2.67. The summed E-state index contributed by atoms with van der Waals surface area (Å²) < 4.78 is 18.5. The number of nitrogens with two attached hydrogens (primary N) is 1. The van der Waals surface area contributed by atoms with Crippen molar-refractivity contribution in [3.05, 3.63) is 0 Å². The van der Waals surface area contributed by atoms with Gasteiger partial charge in [0.25, 0.3) is 0 Å². The van der Waals surface area contributed by atoms with Gasteiger partial charge in [-0.3, -0.25) is 0 Å². The van der Waals surface area contributed by atoms with Crippen LogP contribution < -0.4 is 5.73 Å². The average Bonchev–Trinajstić information content (AvgIpc) is 2.44. The lowest BCUT2D eigenvalue weighted by Gasteiger charge is -2.29. The lowest BCUT2D eigenvalue weighted by Crippen LogP contribution is -2.47. The summed E-state index contributed by atoms with van der Waals surface area (Å²) in [6.07, 6.45) is -1.17. The maximum Gasteiger partial charge on any atom is 0.410 e. The van der Waals surface area contributed by atoms with E-state index >= 15 is 0 Å². The SMILES string of the molecule is C[C@H](N)C1C[C@H](F)CN1C(=O)OC(C)(C)C. The molecule has 1 fully saturated rings. The molecule has 1 heterocycles. The monoisotopic (exact) mass is 232 g/mol. The summed E-state index contributed by atoms with van der Waals surface area (Å²) in [5, 5.41) is 0. The molecule has 0 aromatic rings. The molecule has 0 saturated carbocycles. The Morgan fingerprint density at radius 3 is 2.56 bits per heavy atom. The molecule has 1 rings (SSSR count). The minimum atomic E-state index is -0.997. The summed E-state index contributed by atoms with van der Waals surface area (Å²) in [5.41, 5.74) is 5.17. The highest BCUT2D eigenvalue weighted by Crippen LogP contribution is 2.24. The van der Waals surface area contributed by atoms with E-state index < -0.39 is 17.9 Å². The molecule has 94 valence electrons. The number of nitrogens with zero attached hydrogens (tertiary/aromatic N) is 1. The van der Waals surface area contributed by atoms with Crippen molar-refractivity contribution in [2.45, 2.75) is 58.0 Å². The molecule has 0 spiro atoms. The van der Waals surface area contributed by atoms with Crippen molar-refractivity contribution < 1.29 is 13.9 Å². The van der Waals surface area contributed by atoms with Gasteiger partial charge in [-0.15, -0.1) is 0 Å². The summed E-state index contributed by atoms with van der Waals surface area (Å²) in [6.45, 7) is 7.22. The van der Waals surface area contributed by atoms with Gasteiger partial charge in [0, 0.05) is 12.5 Å². The highest BCUT2D eigenvalue weighted by Gasteiger charge is 2.39. The van der Waals surface area contributed by atoms with Gasteiger partial charge < -0.3 is 15.4 Å². The topological polar surface area (TPSA) is 55.6 Å². The van der Waals surface area contributed by atoms with Gasteiger partial charge in [-0.2, -0.15) is 0 Å². The zero-order valence-electron chi connectivity index (χ0n) is 10.4. The maximum absolute atomic E-state index is 13.3. The highest BCUT2D eigenvalue weighted by atomic mass is 19.1. The molecule has 0 aromatic carbocycles. The first-order valence-corrected chi connectivity index (χ1v) is 5.60. The summed E-state index contributed by atoms with van der Waals surface area (Å²) in [7, 11) is 0. The minimum Gasteiger partial charge on any atom is -0.444 e. The Labute approximate surface area is 95.9 Å². The molecule has 2 N–H and O–H groups in total. The molecule has 5 heteroatoms. The second kappa shape index (κ2) is 4.57. The normalized spacial score (nSPS) is 28.0. The van der Waals surface area contributed by atoms with Crippen LogP contribution >= 0.6 is 0 Å². The van der Waals surface area contributed by atoms with Crippen LogP contribution in [0.5, 0.6) is 0 Å². The van der Waals surface area contributed by atoms with Crippen LogP contribution in [0.3, 0.4) is 0 Å². The molecule has 1 unspecified atom stereocenters. The predicted molar refractivity (Wildman–Crippen MR) is 59.9 cm³/mol. The van der Waals surface area contributed by atoms with E-state index in [9.17, 15) is 9.18 Å². The Hall–Kier alpha value is -0.840. The molecule has 3 atom stereocenters. The van der Waals surface area contributed by atoms with E-state index in [0.29, 0.717) is 6.42 Å². The van der Waals surface area contributed by atoms with Crippen molar-refractivity contribution >= 4 is 6.09 Å². The number of hydrogen-bond donors (Lipinski definition) is 1. The zero-order valence-corrected chi connectivity index (χ0v) is 10.4. The third-order valence-electron chi connectivity index (χ3n) is 2.53. The van der Waals surface area contributed by atoms with Gasteiger partial charge >= 0.3 is 6.09 Å².